The van der Waals surface area contributed by atoms with E-state index in [0.29, 0.717) is 0 Å². The summed E-state index contributed by atoms with van der Waals surface area (Å²) in [5, 5.41) is 9.75. The molecule has 0 spiro atoms. The molecule has 0 fully saturated rings. The average molecular weight is 164 g/mol. The number of ether oxygens (including phenoxy) is 1. The summed E-state index contributed by atoms with van der Waals surface area (Å²) in [7, 11) is 0. The standard InChI is InChI=1S/C10H12O2/c1-7-6-8-4-3-5-9(8)12-10(7,2)11/h3-7,11H,1-2H3. The third-order valence-corrected chi connectivity index (χ3v) is 2.40. The van der Waals surface area contributed by atoms with Crippen LogP contribution in [0.2, 0.25) is 0 Å². The fraction of sp³-hybridized carbons (Fsp3) is 0.400. The zero-order valence-electron chi connectivity index (χ0n) is 7.24. The largest absolute Gasteiger partial charge is 0.462 e. The lowest BCUT2D eigenvalue weighted by Gasteiger charge is -2.34. The molecule has 1 N–H and O–H groups in total. The molecule has 1 aliphatic carbocycles. The van der Waals surface area contributed by atoms with Crippen LogP contribution in [0.3, 0.4) is 0 Å². The number of allylic oxidation sites excluding steroid dienone is 3. The number of hydrogen-bond donors (Lipinski definition) is 1. The maximum atomic E-state index is 9.75. The summed E-state index contributed by atoms with van der Waals surface area (Å²) in [6, 6.07) is 0. The molecule has 0 amide bonds. The molecule has 0 radical (unpaired) electrons. The normalized spacial score (nSPS) is 38.4. The van der Waals surface area contributed by atoms with E-state index in [4.69, 9.17) is 4.74 Å². The quantitative estimate of drug-likeness (QED) is 0.591. The van der Waals surface area contributed by atoms with Crippen molar-refractivity contribution in [3.05, 3.63) is 35.6 Å². The fourth-order valence-corrected chi connectivity index (χ4v) is 1.39. The van der Waals surface area contributed by atoms with E-state index in [1.807, 2.05) is 31.2 Å². The van der Waals surface area contributed by atoms with Crippen molar-refractivity contribution in [3.8, 4) is 0 Å². The highest BCUT2D eigenvalue weighted by molar-refractivity contribution is 5.46. The molecule has 1 aliphatic heterocycles. The van der Waals surface area contributed by atoms with Crippen LogP contribution in [0, 0.1) is 5.92 Å². The first-order valence-electron chi connectivity index (χ1n) is 4.11. The topological polar surface area (TPSA) is 29.5 Å². The van der Waals surface area contributed by atoms with Crippen molar-refractivity contribution in [2.45, 2.75) is 19.6 Å². The van der Waals surface area contributed by atoms with E-state index in [-0.39, 0.29) is 5.92 Å². The lowest BCUT2D eigenvalue weighted by Crippen LogP contribution is -2.37. The van der Waals surface area contributed by atoms with Crippen LogP contribution < -0.4 is 0 Å². The lowest BCUT2D eigenvalue weighted by molar-refractivity contribution is -0.187. The Morgan fingerprint density at radius 2 is 2.33 bits per heavy atom. The highest BCUT2D eigenvalue weighted by Crippen LogP contribution is 2.35. The monoisotopic (exact) mass is 164 g/mol. The minimum atomic E-state index is -1.05. The van der Waals surface area contributed by atoms with Crippen LogP contribution in [0.4, 0.5) is 0 Å². The van der Waals surface area contributed by atoms with E-state index in [1.54, 1.807) is 6.92 Å². The Morgan fingerprint density at radius 1 is 1.58 bits per heavy atom. The van der Waals surface area contributed by atoms with E-state index in [2.05, 4.69) is 0 Å². The van der Waals surface area contributed by atoms with Crippen LogP contribution in [-0.2, 0) is 4.74 Å². The minimum absolute atomic E-state index is 0.0346. The van der Waals surface area contributed by atoms with Gasteiger partial charge in [0.05, 0.1) is 0 Å². The summed E-state index contributed by atoms with van der Waals surface area (Å²) in [4.78, 5) is 0. The molecule has 2 aliphatic rings. The Kier molecular flexibility index (Phi) is 1.42. The number of rotatable bonds is 0. The van der Waals surface area contributed by atoms with Gasteiger partial charge in [-0.15, -0.1) is 0 Å². The van der Waals surface area contributed by atoms with Crippen molar-refractivity contribution in [3.63, 3.8) is 0 Å². The molecule has 2 heteroatoms. The van der Waals surface area contributed by atoms with Crippen molar-refractivity contribution in [2.75, 3.05) is 0 Å². The second kappa shape index (κ2) is 2.23. The van der Waals surface area contributed by atoms with E-state index < -0.39 is 5.79 Å². The molecule has 2 nitrogen and oxygen atoms in total. The maximum absolute atomic E-state index is 9.75. The molecule has 12 heavy (non-hydrogen) atoms. The van der Waals surface area contributed by atoms with E-state index >= 15 is 0 Å². The highest BCUT2D eigenvalue weighted by atomic mass is 16.6. The summed E-state index contributed by atoms with van der Waals surface area (Å²) in [6.45, 7) is 3.63. The Labute approximate surface area is 71.9 Å². The van der Waals surface area contributed by atoms with Crippen molar-refractivity contribution >= 4 is 0 Å². The first-order chi connectivity index (χ1) is 5.59. The second-order valence-electron chi connectivity index (χ2n) is 3.46. The molecular weight excluding hydrogens is 152 g/mol. The van der Waals surface area contributed by atoms with Crippen molar-refractivity contribution < 1.29 is 9.84 Å². The van der Waals surface area contributed by atoms with Gasteiger partial charge in [-0.3, -0.25) is 0 Å². The zero-order valence-corrected chi connectivity index (χ0v) is 7.24. The molecule has 0 saturated carbocycles. The minimum Gasteiger partial charge on any atom is -0.462 e. The van der Waals surface area contributed by atoms with Gasteiger partial charge in [0.1, 0.15) is 5.76 Å². The predicted molar refractivity (Wildman–Crippen MR) is 46.2 cm³/mol. The zero-order chi connectivity index (χ0) is 8.77. The van der Waals surface area contributed by atoms with Gasteiger partial charge in [0, 0.05) is 18.4 Å². The van der Waals surface area contributed by atoms with Gasteiger partial charge in [-0.1, -0.05) is 25.2 Å². The molecule has 2 rings (SSSR count). The fourth-order valence-electron chi connectivity index (χ4n) is 1.39. The summed E-state index contributed by atoms with van der Waals surface area (Å²) in [5.74, 6) is -0.244. The molecule has 2 atom stereocenters. The van der Waals surface area contributed by atoms with E-state index in [9.17, 15) is 5.11 Å². The summed E-state index contributed by atoms with van der Waals surface area (Å²) >= 11 is 0. The molecular formula is C10H12O2. The first-order valence-corrected chi connectivity index (χ1v) is 4.11. The SMILES string of the molecule is CC1C=C2C=CC=C2OC1(C)O. The van der Waals surface area contributed by atoms with Gasteiger partial charge < -0.3 is 9.84 Å². The number of hydrogen-bond acceptors (Lipinski definition) is 2. The van der Waals surface area contributed by atoms with Gasteiger partial charge in [-0.2, -0.15) is 0 Å². The molecule has 0 aromatic rings. The smallest absolute Gasteiger partial charge is 0.211 e. The Bertz CT molecular complexity index is 295. The second-order valence-corrected chi connectivity index (χ2v) is 3.46. The maximum Gasteiger partial charge on any atom is 0.211 e. The van der Waals surface area contributed by atoms with Crippen LogP contribution in [0.5, 0.6) is 0 Å². The number of fused-ring (bicyclic) bond motifs is 1. The summed E-state index contributed by atoms with van der Waals surface area (Å²) < 4.78 is 5.40. The Balaban J connectivity index is 2.38. The van der Waals surface area contributed by atoms with Crippen LogP contribution >= 0.6 is 0 Å². The van der Waals surface area contributed by atoms with Gasteiger partial charge in [0.25, 0.3) is 0 Å². The first kappa shape index (κ1) is 7.62. The van der Waals surface area contributed by atoms with E-state index in [1.165, 1.54) is 0 Å². The molecule has 0 saturated heterocycles. The van der Waals surface area contributed by atoms with Crippen molar-refractivity contribution in [1.82, 2.24) is 0 Å². The molecule has 0 bridgehead atoms. The predicted octanol–water partition coefficient (Wildman–Crippen LogP) is 1.74. The average Bonchev–Trinajstić information content (AvgIpc) is 2.35. The third kappa shape index (κ3) is 0.994. The van der Waals surface area contributed by atoms with Gasteiger partial charge in [-0.25, -0.2) is 0 Å². The van der Waals surface area contributed by atoms with Gasteiger partial charge in [-0.05, 0) is 6.08 Å². The lowest BCUT2D eigenvalue weighted by atomic mass is 9.96. The van der Waals surface area contributed by atoms with Crippen LogP contribution in [0.15, 0.2) is 35.6 Å². The van der Waals surface area contributed by atoms with E-state index in [0.717, 1.165) is 11.3 Å². The Morgan fingerprint density at radius 3 is 3.08 bits per heavy atom. The Hall–Kier alpha value is -1.02. The highest BCUT2D eigenvalue weighted by Gasteiger charge is 2.35. The van der Waals surface area contributed by atoms with Gasteiger partial charge in [0.15, 0.2) is 0 Å². The van der Waals surface area contributed by atoms with Crippen LogP contribution in [-0.4, -0.2) is 10.9 Å². The molecule has 0 aromatic heterocycles. The van der Waals surface area contributed by atoms with Gasteiger partial charge in [0.2, 0.25) is 5.79 Å². The molecule has 0 aromatic carbocycles. The third-order valence-electron chi connectivity index (χ3n) is 2.40. The van der Waals surface area contributed by atoms with Crippen LogP contribution in [0.1, 0.15) is 13.8 Å². The molecule has 64 valence electrons. The van der Waals surface area contributed by atoms with Crippen molar-refractivity contribution in [2.24, 2.45) is 5.92 Å². The summed E-state index contributed by atoms with van der Waals surface area (Å²) in [6.07, 6.45) is 7.81. The van der Waals surface area contributed by atoms with Gasteiger partial charge >= 0.3 is 0 Å². The molecule has 1 heterocycles. The van der Waals surface area contributed by atoms with Crippen LogP contribution in [0.25, 0.3) is 0 Å². The van der Waals surface area contributed by atoms with Crippen molar-refractivity contribution in [1.29, 1.82) is 0 Å². The molecule has 2 unspecified atom stereocenters. The summed E-state index contributed by atoms with van der Waals surface area (Å²) in [5.41, 5.74) is 1.08. The number of aliphatic hydroxyl groups is 1.